The van der Waals surface area contributed by atoms with Gasteiger partial charge in [-0.3, -0.25) is 0 Å². The van der Waals surface area contributed by atoms with E-state index < -0.39 is 0 Å². The zero-order valence-corrected chi connectivity index (χ0v) is 8.07. The Morgan fingerprint density at radius 3 is 2.94 bits per heavy atom. The third-order valence-electron chi connectivity index (χ3n) is 2.31. The summed E-state index contributed by atoms with van der Waals surface area (Å²) in [6.45, 7) is 0. The number of H-pyrrole nitrogens is 1. The second-order valence-electron chi connectivity index (χ2n) is 3.34. The number of rotatable bonds is 1. The van der Waals surface area contributed by atoms with Crippen molar-refractivity contribution in [3.8, 4) is 11.5 Å². The summed E-state index contributed by atoms with van der Waals surface area (Å²) in [5.41, 5.74) is 6.77. The molecule has 1 aromatic carbocycles. The zero-order valence-electron chi connectivity index (χ0n) is 8.07. The van der Waals surface area contributed by atoms with Gasteiger partial charge in [-0.25, -0.2) is 4.39 Å². The Hall–Kier alpha value is -2.37. The molecular weight excluding hydrogens is 211 g/mol. The van der Waals surface area contributed by atoms with Gasteiger partial charge in [-0.15, -0.1) is 5.10 Å². The molecule has 2 aromatic heterocycles. The SMILES string of the molecule is Nc1nnc(-c2c[nH]c3ccc(F)cc23)o1. The summed E-state index contributed by atoms with van der Waals surface area (Å²) in [7, 11) is 0. The monoisotopic (exact) mass is 218 g/mol. The van der Waals surface area contributed by atoms with Gasteiger partial charge in [0, 0.05) is 17.1 Å². The molecule has 2 heterocycles. The third-order valence-corrected chi connectivity index (χ3v) is 2.31. The lowest BCUT2D eigenvalue weighted by molar-refractivity contribution is 0.591. The summed E-state index contributed by atoms with van der Waals surface area (Å²) in [5.74, 6) is -0.0461. The molecular formula is C10H7FN4O. The Morgan fingerprint density at radius 1 is 1.31 bits per heavy atom. The van der Waals surface area contributed by atoms with Crippen molar-refractivity contribution in [3.05, 3.63) is 30.2 Å². The fraction of sp³-hybridized carbons (Fsp3) is 0. The number of nitrogen functional groups attached to an aromatic ring is 1. The summed E-state index contributed by atoms with van der Waals surface area (Å²) in [5, 5.41) is 7.99. The first kappa shape index (κ1) is 8.90. The van der Waals surface area contributed by atoms with Crippen LogP contribution in [0.25, 0.3) is 22.4 Å². The molecule has 80 valence electrons. The lowest BCUT2D eigenvalue weighted by atomic mass is 10.2. The molecule has 0 unspecified atom stereocenters. The number of fused-ring (bicyclic) bond motifs is 1. The average molecular weight is 218 g/mol. The number of nitrogens with two attached hydrogens (primary N) is 1. The number of aromatic nitrogens is 3. The van der Waals surface area contributed by atoms with Gasteiger partial charge >= 0.3 is 6.01 Å². The highest BCUT2D eigenvalue weighted by molar-refractivity contribution is 5.93. The van der Waals surface area contributed by atoms with Gasteiger partial charge in [0.05, 0.1) is 5.56 Å². The smallest absolute Gasteiger partial charge is 0.313 e. The molecule has 0 saturated carbocycles. The summed E-state index contributed by atoms with van der Waals surface area (Å²) in [6.07, 6.45) is 1.68. The van der Waals surface area contributed by atoms with Crippen molar-refractivity contribution >= 4 is 16.9 Å². The summed E-state index contributed by atoms with van der Waals surface area (Å²) >= 11 is 0. The van der Waals surface area contributed by atoms with Crippen molar-refractivity contribution in [1.82, 2.24) is 15.2 Å². The minimum Gasteiger partial charge on any atom is -0.403 e. The van der Waals surface area contributed by atoms with Crippen LogP contribution in [-0.4, -0.2) is 15.2 Å². The number of hydrogen-bond donors (Lipinski definition) is 2. The van der Waals surface area contributed by atoms with Crippen LogP contribution in [0.3, 0.4) is 0 Å². The lowest BCUT2D eigenvalue weighted by Crippen LogP contribution is -1.81. The Kier molecular flexibility index (Phi) is 1.70. The third kappa shape index (κ3) is 1.23. The van der Waals surface area contributed by atoms with E-state index in [-0.39, 0.29) is 17.7 Å². The second-order valence-corrected chi connectivity index (χ2v) is 3.34. The van der Waals surface area contributed by atoms with Gasteiger partial charge in [0.15, 0.2) is 0 Å². The molecule has 0 saturated heterocycles. The minimum absolute atomic E-state index is 0.0132. The predicted molar refractivity (Wildman–Crippen MR) is 56.0 cm³/mol. The van der Waals surface area contributed by atoms with Crippen LogP contribution in [-0.2, 0) is 0 Å². The van der Waals surface area contributed by atoms with Crippen LogP contribution < -0.4 is 5.73 Å². The van der Waals surface area contributed by atoms with Gasteiger partial charge in [-0.05, 0) is 18.2 Å². The summed E-state index contributed by atoms with van der Waals surface area (Å²) < 4.78 is 18.2. The molecule has 0 radical (unpaired) electrons. The molecule has 3 aromatic rings. The van der Waals surface area contributed by atoms with E-state index in [9.17, 15) is 4.39 Å². The average Bonchev–Trinajstić information content (AvgIpc) is 2.83. The topological polar surface area (TPSA) is 80.7 Å². The highest BCUT2D eigenvalue weighted by Crippen LogP contribution is 2.28. The van der Waals surface area contributed by atoms with Crippen molar-refractivity contribution in [2.75, 3.05) is 5.73 Å². The maximum Gasteiger partial charge on any atom is 0.313 e. The Morgan fingerprint density at radius 2 is 2.19 bits per heavy atom. The molecule has 0 bridgehead atoms. The first-order chi connectivity index (χ1) is 7.74. The molecule has 6 heteroatoms. The maximum atomic E-state index is 13.1. The van der Waals surface area contributed by atoms with Crippen molar-refractivity contribution in [2.45, 2.75) is 0 Å². The van der Waals surface area contributed by atoms with Crippen molar-refractivity contribution in [1.29, 1.82) is 0 Å². The standard InChI is InChI=1S/C10H7FN4O/c11-5-1-2-8-6(3-5)7(4-13-8)9-14-15-10(12)16-9/h1-4,13H,(H2,12,15). The molecule has 0 amide bonds. The fourth-order valence-electron chi connectivity index (χ4n) is 1.61. The normalized spacial score (nSPS) is 11.1. The fourth-order valence-corrected chi connectivity index (χ4v) is 1.61. The van der Waals surface area contributed by atoms with Crippen LogP contribution in [0.2, 0.25) is 0 Å². The van der Waals surface area contributed by atoms with Crippen LogP contribution in [0.5, 0.6) is 0 Å². The maximum absolute atomic E-state index is 13.1. The molecule has 0 atom stereocenters. The summed E-state index contributed by atoms with van der Waals surface area (Å²) in [6, 6.07) is 4.42. The number of nitrogens with one attached hydrogen (secondary N) is 1. The van der Waals surface area contributed by atoms with Crippen molar-refractivity contribution in [2.24, 2.45) is 0 Å². The molecule has 0 spiro atoms. The van der Waals surface area contributed by atoms with Crippen molar-refractivity contribution < 1.29 is 8.81 Å². The predicted octanol–water partition coefficient (Wildman–Crippen LogP) is 1.94. The molecule has 0 aliphatic rings. The molecule has 3 rings (SSSR count). The molecule has 5 nitrogen and oxygen atoms in total. The van der Waals surface area contributed by atoms with E-state index in [2.05, 4.69) is 15.2 Å². The number of aromatic amines is 1. The van der Waals surface area contributed by atoms with Crippen LogP contribution in [0.15, 0.2) is 28.8 Å². The zero-order chi connectivity index (χ0) is 11.1. The first-order valence-corrected chi connectivity index (χ1v) is 4.60. The number of hydrogen-bond acceptors (Lipinski definition) is 4. The van der Waals surface area contributed by atoms with Gasteiger partial charge in [0.2, 0.25) is 0 Å². The second kappa shape index (κ2) is 3.06. The highest BCUT2D eigenvalue weighted by Gasteiger charge is 2.12. The van der Waals surface area contributed by atoms with E-state index in [4.69, 9.17) is 10.2 Å². The quantitative estimate of drug-likeness (QED) is 0.654. The van der Waals surface area contributed by atoms with Crippen LogP contribution in [0, 0.1) is 5.82 Å². The summed E-state index contributed by atoms with van der Waals surface area (Å²) in [4.78, 5) is 2.99. The number of anilines is 1. The molecule has 0 aliphatic heterocycles. The van der Waals surface area contributed by atoms with Crippen LogP contribution >= 0.6 is 0 Å². The van der Waals surface area contributed by atoms with Gasteiger partial charge in [0.25, 0.3) is 5.89 Å². The first-order valence-electron chi connectivity index (χ1n) is 4.60. The Bertz CT molecular complexity index is 658. The van der Waals surface area contributed by atoms with E-state index in [1.54, 1.807) is 12.3 Å². The molecule has 16 heavy (non-hydrogen) atoms. The lowest BCUT2D eigenvalue weighted by Gasteiger charge is -1.92. The minimum atomic E-state index is -0.319. The van der Waals surface area contributed by atoms with Gasteiger partial charge in [-0.2, -0.15) is 0 Å². The Balaban J connectivity index is 2.27. The number of nitrogens with zero attached hydrogens (tertiary/aromatic N) is 2. The van der Waals surface area contributed by atoms with E-state index in [0.29, 0.717) is 10.9 Å². The van der Waals surface area contributed by atoms with Gasteiger partial charge in [0.1, 0.15) is 5.82 Å². The van der Waals surface area contributed by atoms with Gasteiger partial charge in [-0.1, -0.05) is 5.10 Å². The molecule has 0 fully saturated rings. The van der Waals surface area contributed by atoms with Crippen molar-refractivity contribution in [3.63, 3.8) is 0 Å². The van der Waals surface area contributed by atoms with Crippen LogP contribution in [0.1, 0.15) is 0 Å². The highest BCUT2D eigenvalue weighted by atomic mass is 19.1. The van der Waals surface area contributed by atoms with E-state index >= 15 is 0 Å². The van der Waals surface area contributed by atoms with E-state index in [1.165, 1.54) is 12.1 Å². The molecule has 0 aliphatic carbocycles. The van der Waals surface area contributed by atoms with E-state index in [1.807, 2.05) is 0 Å². The van der Waals surface area contributed by atoms with E-state index in [0.717, 1.165) is 5.52 Å². The Labute approximate surface area is 89.1 Å². The number of halogens is 1. The molecule has 3 N–H and O–H groups in total. The number of benzene rings is 1. The van der Waals surface area contributed by atoms with Crippen LogP contribution in [0.4, 0.5) is 10.4 Å². The van der Waals surface area contributed by atoms with Gasteiger partial charge < -0.3 is 15.1 Å². The largest absolute Gasteiger partial charge is 0.403 e.